The Hall–Kier alpha value is -1.98. The van der Waals surface area contributed by atoms with E-state index in [9.17, 15) is 4.79 Å². The number of halogens is 1. The van der Waals surface area contributed by atoms with Crippen LogP contribution >= 0.6 is 11.6 Å². The number of carbonyl (C=O) groups excluding carboxylic acids is 1. The van der Waals surface area contributed by atoms with Crippen molar-refractivity contribution in [1.82, 2.24) is 4.90 Å². The van der Waals surface area contributed by atoms with Crippen molar-refractivity contribution in [3.63, 3.8) is 0 Å². The summed E-state index contributed by atoms with van der Waals surface area (Å²) < 4.78 is 16.2. The smallest absolute Gasteiger partial charge is 0.289 e. The molecule has 1 amide bonds. The van der Waals surface area contributed by atoms with Crippen LogP contribution in [0.1, 0.15) is 16.3 Å². The van der Waals surface area contributed by atoms with Crippen LogP contribution in [-0.2, 0) is 11.3 Å². The predicted octanol–water partition coefficient (Wildman–Crippen LogP) is 2.98. The van der Waals surface area contributed by atoms with Gasteiger partial charge in [0.1, 0.15) is 24.2 Å². The number of rotatable bonds is 5. The molecular formula is C16H16ClNO4. The van der Waals surface area contributed by atoms with E-state index < -0.39 is 0 Å². The van der Waals surface area contributed by atoms with Gasteiger partial charge in [-0.05, 0) is 24.3 Å². The molecule has 0 N–H and O–H groups in total. The minimum absolute atomic E-state index is 0.0442. The summed E-state index contributed by atoms with van der Waals surface area (Å²) in [5.41, 5.74) is 0. The zero-order chi connectivity index (χ0) is 15.5. The standard InChI is InChI=1S/C16H16ClNO4/c1-20-10-11-6-7-15(21-11)16(19)18-8-12(9-18)22-14-5-3-2-4-13(14)17/h2-7,12H,8-10H2,1H3. The number of carbonyl (C=O) groups is 1. The largest absolute Gasteiger partial charge is 0.485 e. The van der Waals surface area contributed by atoms with Gasteiger partial charge >= 0.3 is 0 Å². The minimum atomic E-state index is -0.138. The van der Waals surface area contributed by atoms with E-state index in [1.807, 2.05) is 18.2 Å². The summed E-state index contributed by atoms with van der Waals surface area (Å²) >= 11 is 6.04. The number of nitrogens with zero attached hydrogens (tertiary/aromatic N) is 1. The number of furan rings is 1. The number of methoxy groups -OCH3 is 1. The maximum atomic E-state index is 12.2. The van der Waals surface area contributed by atoms with Gasteiger partial charge in [0.2, 0.25) is 0 Å². The van der Waals surface area contributed by atoms with Crippen molar-refractivity contribution >= 4 is 17.5 Å². The molecule has 116 valence electrons. The van der Waals surface area contributed by atoms with Gasteiger partial charge in [-0.25, -0.2) is 0 Å². The van der Waals surface area contributed by atoms with Crippen molar-refractivity contribution in [1.29, 1.82) is 0 Å². The quantitative estimate of drug-likeness (QED) is 0.849. The first-order chi connectivity index (χ1) is 10.7. The van der Waals surface area contributed by atoms with E-state index in [-0.39, 0.29) is 12.0 Å². The van der Waals surface area contributed by atoms with Crippen LogP contribution in [0.15, 0.2) is 40.8 Å². The molecule has 1 aromatic heterocycles. The van der Waals surface area contributed by atoms with Gasteiger partial charge in [0.25, 0.3) is 5.91 Å². The van der Waals surface area contributed by atoms with E-state index in [1.165, 1.54) is 0 Å². The van der Waals surface area contributed by atoms with Crippen molar-refractivity contribution in [2.45, 2.75) is 12.7 Å². The zero-order valence-electron chi connectivity index (χ0n) is 12.1. The summed E-state index contributed by atoms with van der Waals surface area (Å²) in [6.07, 6.45) is -0.0442. The van der Waals surface area contributed by atoms with Crippen LogP contribution in [0, 0.1) is 0 Å². The van der Waals surface area contributed by atoms with Crippen molar-refractivity contribution in [2.24, 2.45) is 0 Å². The molecule has 22 heavy (non-hydrogen) atoms. The Morgan fingerprint density at radius 2 is 2.09 bits per heavy atom. The molecule has 0 spiro atoms. The van der Waals surface area contributed by atoms with E-state index in [2.05, 4.69) is 0 Å². The topological polar surface area (TPSA) is 51.9 Å². The highest BCUT2D eigenvalue weighted by molar-refractivity contribution is 6.32. The number of benzene rings is 1. The molecule has 1 aliphatic heterocycles. The number of para-hydroxylation sites is 1. The van der Waals surface area contributed by atoms with Crippen LogP contribution in [0.3, 0.4) is 0 Å². The van der Waals surface area contributed by atoms with E-state index in [1.54, 1.807) is 30.2 Å². The molecular weight excluding hydrogens is 306 g/mol. The molecule has 1 aromatic carbocycles. The Morgan fingerprint density at radius 1 is 1.32 bits per heavy atom. The third kappa shape index (κ3) is 3.10. The third-order valence-electron chi connectivity index (χ3n) is 3.42. The summed E-state index contributed by atoms with van der Waals surface area (Å²) in [4.78, 5) is 13.9. The molecule has 0 radical (unpaired) electrons. The Labute approximate surface area is 133 Å². The number of likely N-dealkylation sites (tertiary alicyclic amines) is 1. The predicted molar refractivity (Wildman–Crippen MR) is 81.2 cm³/mol. The first-order valence-electron chi connectivity index (χ1n) is 6.95. The number of amides is 1. The molecule has 3 rings (SSSR count). The molecule has 5 nitrogen and oxygen atoms in total. The second-order valence-corrected chi connectivity index (χ2v) is 5.49. The number of hydrogen-bond acceptors (Lipinski definition) is 4. The lowest BCUT2D eigenvalue weighted by Crippen LogP contribution is -2.56. The highest BCUT2D eigenvalue weighted by Crippen LogP contribution is 2.27. The van der Waals surface area contributed by atoms with Gasteiger partial charge in [0.15, 0.2) is 5.76 Å². The Kier molecular flexibility index (Phi) is 4.36. The zero-order valence-corrected chi connectivity index (χ0v) is 12.9. The fourth-order valence-electron chi connectivity index (χ4n) is 2.27. The van der Waals surface area contributed by atoms with Crippen LogP contribution in [0.4, 0.5) is 0 Å². The van der Waals surface area contributed by atoms with Crippen LogP contribution in [0.25, 0.3) is 0 Å². The molecule has 0 unspecified atom stereocenters. The Balaban J connectivity index is 1.54. The highest BCUT2D eigenvalue weighted by Gasteiger charge is 2.34. The fraction of sp³-hybridized carbons (Fsp3) is 0.312. The van der Waals surface area contributed by atoms with Crippen molar-refractivity contribution < 1.29 is 18.7 Å². The first-order valence-corrected chi connectivity index (χ1v) is 7.33. The Bertz CT molecular complexity index is 664. The molecule has 0 aliphatic carbocycles. The molecule has 2 heterocycles. The molecule has 1 saturated heterocycles. The van der Waals surface area contributed by atoms with E-state index in [0.717, 1.165) is 0 Å². The average molecular weight is 322 g/mol. The van der Waals surface area contributed by atoms with Gasteiger partial charge in [-0.3, -0.25) is 4.79 Å². The summed E-state index contributed by atoms with van der Waals surface area (Å²) in [5.74, 6) is 1.46. The SMILES string of the molecule is COCc1ccc(C(=O)N2CC(Oc3ccccc3Cl)C2)o1. The molecule has 1 fully saturated rings. The maximum Gasteiger partial charge on any atom is 0.289 e. The maximum absolute atomic E-state index is 12.2. The number of hydrogen-bond donors (Lipinski definition) is 0. The molecule has 0 atom stereocenters. The lowest BCUT2D eigenvalue weighted by atomic mass is 10.1. The van der Waals surface area contributed by atoms with Crippen molar-refractivity contribution in [3.8, 4) is 5.75 Å². The summed E-state index contributed by atoms with van der Waals surface area (Å²) in [6.45, 7) is 1.39. The van der Waals surface area contributed by atoms with Crippen molar-refractivity contribution in [2.75, 3.05) is 20.2 Å². The van der Waals surface area contributed by atoms with Crippen LogP contribution < -0.4 is 4.74 Å². The van der Waals surface area contributed by atoms with Gasteiger partial charge in [-0.1, -0.05) is 23.7 Å². The average Bonchev–Trinajstić information content (AvgIpc) is 2.92. The molecule has 0 bridgehead atoms. The summed E-state index contributed by atoms with van der Waals surface area (Å²) in [5, 5.41) is 0.572. The van der Waals surface area contributed by atoms with Crippen molar-refractivity contribution in [3.05, 3.63) is 52.9 Å². The molecule has 2 aromatic rings. The van der Waals surface area contributed by atoms with Gasteiger partial charge in [-0.2, -0.15) is 0 Å². The lowest BCUT2D eigenvalue weighted by molar-refractivity contribution is 0.0152. The van der Waals surface area contributed by atoms with Gasteiger partial charge in [0.05, 0.1) is 18.1 Å². The van der Waals surface area contributed by atoms with E-state index in [0.29, 0.717) is 42.0 Å². The molecule has 1 aliphatic rings. The Morgan fingerprint density at radius 3 is 2.82 bits per heavy atom. The first kappa shape index (κ1) is 14.9. The normalized spacial score (nSPS) is 14.7. The summed E-state index contributed by atoms with van der Waals surface area (Å²) in [7, 11) is 1.58. The monoisotopic (exact) mass is 321 g/mol. The highest BCUT2D eigenvalue weighted by atomic mass is 35.5. The van der Waals surface area contributed by atoms with Gasteiger partial charge in [-0.15, -0.1) is 0 Å². The number of ether oxygens (including phenoxy) is 2. The second kappa shape index (κ2) is 6.42. The second-order valence-electron chi connectivity index (χ2n) is 5.08. The molecule has 0 saturated carbocycles. The minimum Gasteiger partial charge on any atom is -0.485 e. The van der Waals surface area contributed by atoms with Crippen LogP contribution in [0.5, 0.6) is 5.75 Å². The van der Waals surface area contributed by atoms with Crippen LogP contribution in [-0.4, -0.2) is 37.1 Å². The molecule has 6 heteroatoms. The van der Waals surface area contributed by atoms with Gasteiger partial charge in [0, 0.05) is 7.11 Å². The lowest BCUT2D eigenvalue weighted by Gasteiger charge is -2.38. The van der Waals surface area contributed by atoms with E-state index in [4.69, 9.17) is 25.5 Å². The van der Waals surface area contributed by atoms with E-state index >= 15 is 0 Å². The van der Waals surface area contributed by atoms with Crippen LogP contribution in [0.2, 0.25) is 5.02 Å². The third-order valence-corrected chi connectivity index (χ3v) is 3.74. The fourth-order valence-corrected chi connectivity index (χ4v) is 2.45. The summed E-state index contributed by atoms with van der Waals surface area (Å²) in [6, 6.07) is 10.7. The van der Waals surface area contributed by atoms with Gasteiger partial charge < -0.3 is 18.8 Å².